The van der Waals surface area contributed by atoms with E-state index in [1.54, 1.807) is 6.07 Å². The molecule has 0 fully saturated rings. The van der Waals surface area contributed by atoms with Crippen LogP contribution in [-0.2, 0) is 6.42 Å². The van der Waals surface area contributed by atoms with Crippen LogP contribution in [-0.4, -0.2) is 5.78 Å². The molecule has 1 nitrogen and oxygen atoms in total. The quantitative estimate of drug-likeness (QED) is 0.665. The van der Waals surface area contributed by atoms with E-state index in [2.05, 4.69) is 15.9 Å². The monoisotopic (exact) mass is 366 g/mol. The summed E-state index contributed by atoms with van der Waals surface area (Å²) in [6.45, 7) is 0. The molecule has 0 bridgehead atoms. The van der Waals surface area contributed by atoms with Gasteiger partial charge in [-0.2, -0.15) is 0 Å². The molecule has 0 amide bonds. The van der Waals surface area contributed by atoms with Gasteiger partial charge in [0.05, 0.1) is 4.34 Å². The fourth-order valence-corrected chi connectivity index (χ4v) is 3.36. The molecular weight excluding hydrogens is 362 g/mol. The van der Waals surface area contributed by atoms with E-state index in [4.69, 9.17) is 23.2 Å². The molecule has 6 heteroatoms. The van der Waals surface area contributed by atoms with Crippen molar-refractivity contribution in [2.45, 2.75) is 6.42 Å². The number of thiophene rings is 1. The standard InChI is InChI=1S/C12H6BrCl2FOS/c13-9-2-1-7(16)3-6(9)4-10(17)8-5-11(14)18-12(8)15/h1-3,5H,4H2. The maximum atomic E-state index is 13.1. The van der Waals surface area contributed by atoms with E-state index in [0.717, 1.165) is 11.3 Å². The lowest BCUT2D eigenvalue weighted by Gasteiger charge is -2.03. The zero-order valence-electron chi connectivity index (χ0n) is 8.84. The molecule has 1 aromatic heterocycles. The largest absolute Gasteiger partial charge is 0.294 e. The van der Waals surface area contributed by atoms with Crippen molar-refractivity contribution < 1.29 is 9.18 Å². The van der Waals surface area contributed by atoms with Crippen molar-refractivity contribution in [1.29, 1.82) is 0 Å². The van der Waals surface area contributed by atoms with Crippen molar-refractivity contribution in [2.24, 2.45) is 0 Å². The van der Waals surface area contributed by atoms with Gasteiger partial charge in [0.15, 0.2) is 5.78 Å². The van der Waals surface area contributed by atoms with Crippen LogP contribution in [0.5, 0.6) is 0 Å². The minimum Gasteiger partial charge on any atom is -0.294 e. The third kappa shape index (κ3) is 3.12. The van der Waals surface area contributed by atoms with Crippen molar-refractivity contribution in [3.8, 4) is 0 Å². The van der Waals surface area contributed by atoms with Gasteiger partial charge in [-0.3, -0.25) is 4.79 Å². The molecule has 0 saturated carbocycles. The summed E-state index contributed by atoms with van der Waals surface area (Å²) in [5, 5.41) is 0. The predicted octanol–water partition coefficient (Wildman–Crippen LogP) is 5.38. The predicted molar refractivity (Wildman–Crippen MR) is 76.5 cm³/mol. The van der Waals surface area contributed by atoms with Crippen LogP contribution in [0.4, 0.5) is 4.39 Å². The van der Waals surface area contributed by atoms with E-state index < -0.39 is 0 Å². The summed E-state index contributed by atoms with van der Waals surface area (Å²) in [4.78, 5) is 12.0. The highest BCUT2D eigenvalue weighted by Crippen LogP contribution is 2.32. The first-order valence-electron chi connectivity index (χ1n) is 4.89. The fraction of sp³-hybridized carbons (Fsp3) is 0.0833. The van der Waals surface area contributed by atoms with Gasteiger partial charge in [0.1, 0.15) is 10.2 Å². The third-order valence-corrected chi connectivity index (χ3v) is 4.58. The highest BCUT2D eigenvalue weighted by Gasteiger charge is 2.16. The lowest BCUT2D eigenvalue weighted by molar-refractivity contribution is 0.0993. The molecule has 0 atom stereocenters. The second-order valence-electron chi connectivity index (χ2n) is 3.57. The Labute approximate surface area is 126 Å². The Balaban J connectivity index is 2.26. The Morgan fingerprint density at radius 2 is 2.06 bits per heavy atom. The first kappa shape index (κ1) is 14.0. The molecule has 0 aliphatic rings. The van der Waals surface area contributed by atoms with Crippen LogP contribution >= 0.6 is 50.5 Å². The van der Waals surface area contributed by atoms with Crippen LogP contribution < -0.4 is 0 Å². The van der Waals surface area contributed by atoms with Crippen LogP contribution in [0, 0.1) is 5.82 Å². The molecule has 0 N–H and O–H groups in total. The number of halogens is 4. The van der Waals surface area contributed by atoms with Gasteiger partial charge in [0, 0.05) is 16.5 Å². The average molecular weight is 368 g/mol. The number of hydrogen-bond acceptors (Lipinski definition) is 2. The number of carbonyl (C=O) groups is 1. The molecule has 0 spiro atoms. The van der Waals surface area contributed by atoms with Crippen LogP contribution in [0.2, 0.25) is 8.67 Å². The second kappa shape index (κ2) is 5.70. The molecule has 0 aliphatic carbocycles. The highest BCUT2D eigenvalue weighted by molar-refractivity contribution is 9.10. The van der Waals surface area contributed by atoms with E-state index in [1.807, 2.05) is 0 Å². The maximum Gasteiger partial charge on any atom is 0.169 e. The molecule has 0 radical (unpaired) electrons. The number of hydrogen-bond donors (Lipinski definition) is 0. The molecule has 0 saturated heterocycles. The van der Waals surface area contributed by atoms with Gasteiger partial charge >= 0.3 is 0 Å². The molecule has 1 aromatic carbocycles. The van der Waals surface area contributed by atoms with Gasteiger partial charge in [-0.1, -0.05) is 39.1 Å². The number of Topliss-reactive ketones (excluding diaryl/α,β-unsaturated/α-hetero) is 1. The fourth-order valence-electron chi connectivity index (χ4n) is 1.48. The lowest BCUT2D eigenvalue weighted by atomic mass is 10.1. The first-order valence-corrected chi connectivity index (χ1v) is 7.26. The summed E-state index contributed by atoms with van der Waals surface area (Å²) in [6, 6.07) is 5.75. The minimum absolute atomic E-state index is 0.0745. The van der Waals surface area contributed by atoms with Crippen LogP contribution in [0.25, 0.3) is 0 Å². The molecule has 0 aliphatic heterocycles. The maximum absolute atomic E-state index is 13.1. The Morgan fingerprint density at radius 3 is 2.67 bits per heavy atom. The van der Waals surface area contributed by atoms with E-state index in [0.29, 0.717) is 24.3 Å². The Hall–Kier alpha value is -0.420. The van der Waals surface area contributed by atoms with Crippen molar-refractivity contribution in [3.63, 3.8) is 0 Å². The normalized spacial score (nSPS) is 10.7. The van der Waals surface area contributed by atoms with Crippen LogP contribution in [0.1, 0.15) is 15.9 Å². The van der Waals surface area contributed by atoms with Gasteiger partial charge in [-0.15, -0.1) is 11.3 Å². The topological polar surface area (TPSA) is 17.1 Å². The molecule has 0 unspecified atom stereocenters. The smallest absolute Gasteiger partial charge is 0.169 e. The SMILES string of the molecule is O=C(Cc1cc(F)ccc1Br)c1cc(Cl)sc1Cl. The molecular formula is C12H6BrCl2FOS. The Morgan fingerprint density at radius 1 is 1.33 bits per heavy atom. The van der Waals surface area contributed by atoms with Gasteiger partial charge in [0.2, 0.25) is 0 Å². The molecule has 2 rings (SSSR count). The van der Waals surface area contributed by atoms with Crippen molar-refractivity contribution in [2.75, 3.05) is 0 Å². The molecule has 1 heterocycles. The summed E-state index contributed by atoms with van der Waals surface area (Å²) >= 11 is 16.1. The van der Waals surface area contributed by atoms with Gasteiger partial charge in [-0.25, -0.2) is 4.39 Å². The summed E-state index contributed by atoms with van der Waals surface area (Å²) in [5.41, 5.74) is 0.959. The minimum atomic E-state index is -0.379. The van der Waals surface area contributed by atoms with Gasteiger partial charge in [-0.05, 0) is 29.8 Å². The number of rotatable bonds is 3. The Bertz CT molecular complexity index is 612. The average Bonchev–Trinajstić information content (AvgIpc) is 2.63. The zero-order valence-corrected chi connectivity index (χ0v) is 12.8. The number of carbonyl (C=O) groups excluding carboxylic acids is 1. The first-order chi connectivity index (χ1) is 8.47. The summed E-state index contributed by atoms with van der Waals surface area (Å²) in [7, 11) is 0. The van der Waals surface area contributed by atoms with E-state index in [9.17, 15) is 9.18 Å². The molecule has 94 valence electrons. The Kier molecular flexibility index (Phi) is 4.43. The van der Waals surface area contributed by atoms with E-state index in [-0.39, 0.29) is 18.0 Å². The second-order valence-corrected chi connectivity index (χ2v) is 6.71. The number of ketones is 1. The van der Waals surface area contributed by atoms with E-state index >= 15 is 0 Å². The van der Waals surface area contributed by atoms with Crippen LogP contribution in [0.15, 0.2) is 28.7 Å². The number of benzene rings is 1. The summed E-state index contributed by atoms with van der Waals surface area (Å²) < 4.78 is 14.6. The van der Waals surface area contributed by atoms with Crippen molar-refractivity contribution in [3.05, 3.63) is 54.4 Å². The van der Waals surface area contributed by atoms with Gasteiger partial charge < -0.3 is 0 Å². The highest BCUT2D eigenvalue weighted by atomic mass is 79.9. The van der Waals surface area contributed by atoms with Gasteiger partial charge in [0.25, 0.3) is 0 Å². The summed E-state index contributed by atoms with van der Waals surface area (Å²) in [5.74, 6) is -0.565. The van der Waals surface area contributed by atoms with Crippen LogP contribution in [0.3, 0.4) is 0 Å². The molecule has 18 heavy (non-hydrogen) atoms. The van der Waals surface area contributed by atoms with E-state index in [1.165, 1.54) is 18.2 Å². The molecule has 2 aromatic rings. The van der Waals surface area contributed by atoms with Crippen molar-refractivity contribution in [1.82, 2.24) is 0 Å². The lowest BCUT2D eigenvalue weighted by Crippen LogP contribution is -2.03. The summed E-state index contributed by atoms with van der Waals surface area (Å²) in [6.07, 6.45) is 0.0745. The third-order valence-electron chi connectivity index (χ3n) is 2.32. The van der Waals surface area contributed by atoms with Crippen molar-refractivity contribution >= 4 is 56.3 Å². The zero-order chi connectivity index (χ0) is 13.3.